The fraction of sp³-hybridized carbons (Fsp3) is 0.778. The van der Waals surface area contributed by atoms with Crippen molar-refractivity contribution in [3.8, 4) is 0 Å². The summed E-state index contributed by atoms with van der Waals surface area (Å²) in [6.07, 6.45) is 7.18. The van der Waals surface area contributed by atoms with E-state index in [9.17, 15) is 0 Å². The van der Waals surface area contributed by atoms with Crippen LogP contribution in [0, 0.1) is 5.92 Å². The molecule has 0 fully saturated rings. The number of unbranched alkanes of at least 4 members (excludes halogenated alkanes) is 1. The molecule has 0 radical (unpaired) electrons. The van der Waals surface area contributed by atoms with E-state index in [1.165, 1.54) is 6.42 Å². The Morgan fingerprint density at radius 3 is 2.75 bits per heavy atom. The number of nitrogens with zero attached hydrogens (tertiary/aromatic N) is 3. The van der Waals surface area contributed by atoms with Gasteiger partial charge in [-0.1, -0.05) is 27.2 Å². The summed E-state index contributed by atoms with van der Waals surface area (Å²) >= 11 is 0. The van der Waals surface area contributed by atoms with Crippen molar-refractivity contribution in [2.75, 3.05) is 26.3 Å². The van der Waals surface area contributed by atoms with E-state index in [0.29, 0.717) is 12.5 Å². The molecule has 0 amide bonds. The first-order chi connectivity index (χ1) is 11.7. The van der Waals surface area contributed by atoms with Crippen molar-refractivity contribution >= 4 is 5.96 Å². The Morgan fingerprint density at radius 2 is 2.04 bits per heavy atom. The zero-order chi connectivity index (χ0) is 17.6. The smallest absolute Gasteiger partial charge is 0.191 e. The zero-order valence-electron chi connectivity index (χ0n) is 15.8. The maximum atomic E-state index is 5.57. The summed E-state index contributed by atoms with van der Waals surface area (Å²) in [5, 5.41) is 6.63. The molecular formula is C18H35N5O. The van der Waals surface area contributed by atoms with Crippen LogP contribution < -0.4 is 10.6 Å². The minimum Gasteiger partial charge on any atom is -0.381 e. The second kappa shape index (κ2) is 12.8. The summed E-state index contributed by atoms with van der Waals surface area (Å²) in [5.74, 6) is 2.44. The highest BCUT2D eigenvalue weighted by Crippen LogP contribution is 2.04. The molecule has 6 heteroatoms. The summed E-state index contributed by atoms with van der Waals surface area (Å²) < 4.78 is 7.75. The molecule has 1 aromatic heterocycles. The van der Waals surface area contributed by atoms with Crippen LogP contribution in [0.2, 0.25) is 0 Å². The highest BCUT2D eigenvalue weighted by atomic mass is 16.5. The average molecular weight is 338 g/mol. The van der Waals surface area contributed by atoms with E-state index >= 15 is 0 Å². The second-order valence-corrected chi connectivity index (χ2v) is 6.33. The summed E-state index contributed by atoms with van der Waals surface area (Å²) in [4.78, 5) is 9.06. The number of hydrogen-bond acceptors (Lipinski definition) is 3. The third-order valence-electron chi connectivity index (χ3n) is 3.49. The third-order valence-corrected chi connectivity index (χ3v) is 3.49. The van der Waals surface area contributed by atoms with Crippen LogP contribution in [0.25, 0.3) is 0 Å². The lowest BCUT2D eigenvalue weighted by Crippen LogP contribution is -2.38. The van der Waals surface area contributed by atoms with Crippen LogP contribution in [0.5, 0.6) is 0 Å². The first kappa shape index (κ1) is 20.5. The molecule has 2 N–H and O–H groups in total. The summed E-state index contributed by atoms with van der Waals surface area (Å²) in [6.45, 7) is 13.6. The molecule has 1 heterocycles. The number of hydrogen-bond donors (Lipinski definition) is 2. The molecule has 0 aliphatic carbocycles. The topological polar surface area (TPSA) is 63.5 Å². The number of guanidine groups is 1. The van der Waals surface area contributed by atoms with E-state index in [1.54, 1.807) is 0 Å². The number of ether oxygens (including phenoxy) is 1. The first-order valence-corrected chi connectivity index (χ1v) is 9.27. The summed E-state index contributed by atoms with van der Waals surface area (Å²) in [5.41, 5.74) is 0. The molecule has 0 bridgehead atoms. The fourth-order valence-electron chi connectivity index (χ4n) is 2.27. The molecular weight excluding hydrogens is 302 g/mol. The van der Waals surface area contributed by atoms with E-state index in [-0.39, 0.29) is 0 Å². The van der Waals surface area contributed by atoms with Gasteiger partial charge in [-0.15, -0.1) is 0 Å². The van der Waals surface area contributed by atoms with Crippen LogP contribution >= 0.6 is 0 Å². The number of aliphatic imine (C=N–C) groups is 1. The summed E-state index contributed by atoms with van der Waals surface area (Å²) in [6, 6.07) is 0. The van der Waals surface area contributed by atoms with Gasteiger partial charge >= 0.3 is 0 Å². The molecule has 0 unspecified atom stereocenters. The Balaban J connectivity index is 2.38. The Labute approximate surface area is 147 Å². The highest BCUT2D eigenvalue weighted by molar-refractivity contribution is 5.79. The lowest BCUT2D eigenvalue weighted by Gasteiger charge is -2.12. The monoisotopic (exact) mass is 337 g/mol. The largest absolute Gasteiger partial charge is 0.381 e. The molecule has 1 aromatic rings. The van der Waals surface area contributed by atoms with Crippen LogP contribution in [0.15, 0.2) is 17.4 Å². The minimum absolute atomic E-state index is 0.585. The van der Waals surface area contributed by atoms with Gasteiger partial charge in [-0.2, -0.15) is 0 Å². The molecule has 0 spiro atoms. The van der Waals surface area contributed by atoms with Crippen molar-refractivity contribution < 1.29 is 4.74 Å². The quantitative estimate of drug-likeness (QED) is 0.350. The summed E-state index contributed by atoms with van der Waals surface area (Å²) in [7, 11) is 0. The lowest BCUT2D eigenvalue weighted by molar-refractivity contribution is 0.129. The molecule has 0 aliphatic rings. The van der Waals surface area contributed by atoms with Crippen LogP contribution in [0.4, 0.5) is 0 Å². The van der Waals surface area contributed by atoms with Crippen molar-refractivity contribution in [3.63, 3.8) is 0 Å². The highest BCUT2D eigenvalue weighted by Gasteiger charge is 2.05. The molecule has 6 nitrogen and oxygen atoms in total. The number of rotatable bonds is 12. The molecule has 24 heavy (non-hydrogen) atoms. The van der Waals surface area contributed by atoms with Gasteiger partial charge in [0, 0.05) is 45.2 Å². The van der Waals surface area contributed by atoms with E-state index in [2.05, 4.69) is 52.9 Å². The van der Waals surface area contributed by atoms with Crippen LogP contribution in [-0.2, 0) is 17.8 Å². The van der Waals surface area contributed by atoms with Gasteiger partial charge in [-0.3, -0.25) is 0 Å². The number of nitrogens with one attached hydrogen (secondary N) is 2. The minimum atomic E-state index is 0.585. The van der Waals surface area contributed by atoms with Gasteiger partial charge in [0.1, 0.15) is 12.4 Å². The Morgan fingerprint density at radius 1 is 1.25 bits per heavy atom. The van der Waals surface area contributed by atoms with Gasteiger partial charge < -0.3 is 19.9 Å². The maximum Gasteiger partial charge on any atom is 0.191 e. The number of aromatic nitrogens is 2. The van der Waals surface area contributed by atoms with Crippen molar-refractivity contribution in [2.24, 2.45) is 10.9 Å². The van der Waals surface area contributed by atoms with E-state index in [1.807, 2.05) is 12.4 Å². The van der Waals surface area contributed by atoms with Crippen molar-refractivity contribution in [3.05, 3.63) is 18.2 Å². The maximum absolute atomic E-state index is 5.57. The van der Waals surface area contributed by atoms with E-state index in [4.69, 9.17) is 4.74 Å². The van der Waals surface area contributed by atoms with Crippen molar-refractivity contribution in [1.82, 2.24) is 20.2 Å². The number of imidazole rings is 1. The Bertz CT molecular complexity index is 456. The molecule has 0 atom stereocenters. The second-order valence-electron chi connectivity index (χ2n) is 6.33. The average Bonchev–Trinajstić information content (AvgIpc) is 2.98. The van der Waals surface area contributed by atoms with E-state index < -0.39 is 0 Å². The van der Waals surface area contributed by atoms with Gasteiger partial charge in [0.15, 0.2) is 5.96 Å². The van der Waals surface area contributed by atoms with Crippen molar-refractivity contribution in [2.45, 2.75) is 60.0 Å². The zero-order valence-corrected chi connectivity index (χ0v) is 15.8. The standard InChI is InChI=1S/C18H35N5O/c1-5-7-12-24-13-8-9-21-18(19-6-2)22-14-17-20-10-11-23(17)15-16(3)4/h10-11,16H,5-9,12-15H2,1-4H3,(H2,19,21,22). The van der Waals surface area contributed by atoms with Gasteiger partial charge in [0.05, 0.1) is 0 Å². The first-order valence-electron chi connectivity index (χ1n) is 9.27. The fourth-order valence-corrected chi connectivity index (χ4v) is 2.27. The van der Waals surface area contributed by atoms with Gasteiger partial charge in [0.2, 0.25) is 0 Å². The molecule has 0 saturated heterocycles. The van der Waals surface area contributed by atoms with Crippen LogP contribution in [0.3, 0.4) is 0 Å². The Kier molecular flexibility index (Phi) is 10.9. The van der Waals surface area contributed by atoms with Crippen LogP contribution in [0.1, 0.15) is 52.8 Å². The lowest BCUT2D eigenvalue weighted by atomic mass is 10.2. The normalized spacial score (nSPS) is 12.0. The van der Waals surface area contributed by atoms with Gasteiger partial charge in [0.25, 0.3) is 0 Å². The Hall–Kier alpha value is -1.56. The molecule has 0 aliphatic heterocycles. The molecule has 0 aromatic carbocycles. The van der Waals surface area contributed by atoms with E-state index in [0.717, 1.165) is 57.5 Å². The third kappa shape index (κ3) is 8.91. The van der Waals surface area contributed by atoms with Crippen LogP contribution in [-0.4, -0.2) is 41.8 Å². The SMILES string of the molecule is CCCCOCCCNC(=NCc1nccn1CC(C)C)NCC. The molecule has 0 saturated carbocycles. The van der Waals surface area contributed by atoms with Gasteiger partial charge in [-0.25, -0.2) is 9.98 Å². The predicted octanol–water partition coefficient (Wildman–Crippen LogP) is 2.80. The molecule has 138 valence electrons. The van der Waals surface area contributed by atoms with Crippen molar-refractivity contribution in [1.29, 1.82) is 0 Å². The molecule has 1 rings (SSSR count). The predicted molar refractivity (Wildman–Crippen MR) is 100 cm³/mol. The van der Waals surface area contributed by atoms with Gasteiger partial charge in [-0.05, 0) is 25.7 Å².